The third kappa shape index (κ3) is 4.24. The van der Waals surface area contributed by atoms with Gasteiger partial charge >= 0.3 is 0 Å². The average Bonchev–Trinajstić information content (AvgIpc) is 2.90. The SMILES string of the molecule is CCn1c(S[C@@H](C)C(=O)NC(C)(C)C)nc2sc3c(c2c1=O)CC[C@@H](C)C3. The quantitative estimate of drug-likeness (QED) is 0.615. The number of rotatable bonds is 4. The number of carbonyl (C=O) groups excluding carboxylic acids is 1. The Labute approximate surface area is 169 Å². The molecule has 0 fully saturated rings. The van der Waals surface area contributed by atoms with E-state index in [1.165, 1.54) is 22.2 Å². The summed E-state index contributed by atoms with van der Waals surface area (Å²) in [5.74, 6) is 0.623. The maximum Gasteiger partial charge on any atom is 0.263 e. The fourth-order valence-corrected chi connectivity index (χ4v) is 5.85. The van der Waals surface area contributed by atoms with Crippen molar-refractivity contribution in [1.82, 2.24) is 14.9 Å². The van der Waals surface area contributed by atoms with E-state index in [2.05, 4.69) is 12.2 Å². The molecule has 2 heterocycles. The highest BCUT2D eigenvalue weighted by atomic mass is 32.2. The molecule has 2 atom stereocenters. The van der Waals surface area contributed by atoms with E-state index in [-0.39, 0.29) is 22.3 Å². The molecular formula is C20H29N3O2S2. The van der Waals surface area contributed by atoms with Crippen LogP contribution in [-0.4, -0.2) is 26.2 Å². The first kappa shape index (κ1) is 20.4. The van der Waals surface area contributed by atoms with Gasteiger partial charge in [-0.2, -0.15) is 0 Å². The van der Waals surface area contributed by atoms with Crippen molar-refractivity contribution in [3.05, 3.63) is 20.8 Å². The Morgan fingerprint density at radius 3 is 2.78 bits per heavy atom. The molecule has 0 aliphatic heterocycles. The predicted molar refractivity (Wildman–Crippen MR) is 114 cm³/mol. The van der Waals surface area contributed by atoms with E-state index in [0.29, 0.717) is 17.6 Å². The predicted octanol–water partition coefficient (Wildman–Crippen LogP) is 4.00. The highest BCUT2D eigenvalue weighted by molar-refractivity contribution is 8.00. The van der Waals surface area contributed by atoms with Crippen LogP contribution in [0.15, 0.2) is 9.95 Å². The van der Waals surface area contributed by atoms with E-state index < -0.39 is 0 Å². The van der Waals surface area contributed by atoms with Gasteiger partial charge in [-0.1, -0.05) is 18.7 Å². The largest absolute Gasteiger partial charge is 0.351 e. The van der Waals surface area contributed by atoms with Gasteiger partial charge in [-0.05, 0) is 65.4 Å². The molecule has 1 amide bonds. The van der Waals surface area contributed by atoms with Crippen molar-refractivity contribution in [3.63, 3.8) is 0 Å². The number of carbonyl (C=O) groups is 1. The summed E-state index contributed by atoms with van der Waals surface area (Å²) in [6.45, 7) is 12.5. The lowest BCUT2D eigenvalue weighted by Crippen LogP contribution is -2.44. The summed E-state index contributed by atoms with van der Waals surface area (Å²) >= 11 is 3.02. The van der Waals surface area contributed by atoms with Crippen molar-refractivity contribution in [1.29, 1.82) is 0 Å². The monoisotopic (exact) mass is 407 g/mol. The molecular weight excluding hydrogens is 378 g/mol. The summed E-state index contributed by atoms with van der Waals surface area (Å²) in [7, 11) is 0. The van der Waals surface area contributed by atoms with Gasteiger partial charge in [0, 0.05) is 17.0 Å². The van der Waals surface area contributed by atoms with E-state index in [4.69, 9.17) is 4.98 Å². The summed E-state index contributed by atoms with van der Waals surface area (Å²) in [4.78, 5) is 32.6. The van der Waals surface area contributed by atoms with Crippen molar-refractivity contribution in [2.45, 2.75) is 83.3 Å². The highest BCUT2D eigenvalue weighted by Crippen LogP contribution is 2.36. The van der Waals surface area contributed by atoms with Crippen LogP contribution in [0.1, 0.15) is 58.4 Å². The van der Waals surface area contributed by atoms with Crippen LogP contribution in [0.2, 0.25) is 0 Å². The molecule has 0 aromatic carbocycles. The Hall–Kier alpha value is -1.34. The lowest BCUT2D eigenvalue weighted by Gasteiger charge is -2.23. The first-order valence-electron chi connectivity index (χ1n) is 9.64. The van der Waals surface area contributed by atoms with E-state index in [0.717, 1.165) is 29.5 Å². The Bertz CT molecular complexity index is 924. The maximum absolute atomic E-state index is 13.2. The Balaban J connectivity index is 1.99. The number of aryl methyl sites for hydroxylation is 1. The van der Waals surface area contributed by atoms with Crippen molar-refractivity contribution in [3.8, 4) is 0 Å². The molecule has 27 heavy (non-hydrogen) atoms. The van der Waals surface area contributed by atoms with Gasteiger partial charge in [0.05, 0.1) is 10.6 Å². The minimum Gasteiger partial charge on any atom is -0.351 e. The second kappa shape index (κ2) is 7.59. The third-order valence-electron chi connectivity index (χ3n) is 4.85. The van der Waals surface area contributed by atoms with Crippen molar-refractivity contribution in [2.75, 3.05) is 0 Å². The highest BCUT2D eigenvalue weighted by Gasteiger charge is 2.26. The van der Waals surface area contributed by atoms with Crippen LogP contribution < -0.4 is 10.9 Å². The summed E-state index contributed by atoms with van der Waals surface area (Å²) in [6, 6.07) is 0. The molecule has 0 saturated heterocycles. The zero-order valence-corrected chi connectivity index (χ0v) is 18.6. The van der Waals surface area contributed by atoms with Gasteiger partial charge in [0.1, 0.15) is 4.83 Å². The van der Waals surface area contributed by atoms with Gasteiger partial charge in [0.15, 0.2) is 5.16 Å². The first-order valence-corrected chi connectivity index (χ1v) is 11.3. The Morgan fingerprint density at radius 1 is 1.44 bits per heavy atom. The van der Waals surface area contributed by atoms with Crippen LogP contribution >= 0.6 is 23.1 Å². The van der Waals surface area contributed by atoms with E-state index in [1.807, 2.05) is 34.6 Å². The number of amides is 1. The van der Waals surface area contributed by atoms with Gasteiger partial charge in [-0.3, -0.25) is 14.2 Å². The molecule has 1 aliphatic rings. The minimum absolute atomic E-state index is 0.0382. The number of thioether (sulfide) groups is 1. The van der Waals surface area contributed by atoms with Gasteiger partial charge in [-0.25, -0.2) is 4.98 Å². The molecule has 0 radical (unpaired) electrons. The van der Waals surface area contributed by atoms with Gasteiger partial charge < -0.3 is 5.32 Å². The lowest BCUT2D eigenvalue weighted by molar-refractivity contribution is -0.121. The molecule has 1 aliphatic carbocycles. The number of thiophene rings is 1. The molecule has 148 valence electrons. The number of hydrogen-bond donors (Lipinski definition) is 1. The number of aromatic nitrogens is 2. The average molecular weight is 408 g/mol. The molecule has 0 saturated carbocycles. The Morgan fingerprint density at radius 2 is 2.15 bits per heavy atom. The fourth-order valence-electron chi connectivity index (χ4n) is 3.46. The van der Waals surface area contributed by atoms with Crippen molar-refractivity contribution >= 4 is 39.2 Å². The van der Waals surface area contributed by atoms with E-state index >= 15 is 0 Å². The van der Waals surface area contributed by atoms with Crippen LogP contribution in [-0.2, 0) is 24.2 Å². The zero-order chi connectivity index (χ0) is 19.9. The van der Waals surface area contributed by atoms with Crippen LogP contribution in [0.25, 0.3) is 10.2 Å². The molecule has 0 spiro atoms. The molecule has 0 unspecified atom stereocenters. The number of fused-ring (bicyclic) bond motifs is 3. The molecule has 7 heteroatoms. The summed E-state index contributed by atoms with van der Waals surface area (Å²) in [6.07, 6.45) is 3.13. The van der Waals surface area contributed by atoms with Crippen LogP contribution in [0, 0.1) is 5.92 Å². The van der Waals surface area contributed by atoms with Crippen molar-refractivity contribution < 1.29 is 4.79 Å². The topological polar surface area (TPSA) is 64.0 Å². The Kier molecular flexibility index (Phi) is 5.73. The summed E-state index contributed by atoms with van der Waals surface area (Å²) in [5.41, 5.74) is 0.973. The van der Waals surface area contributed by atoms with Gasteiger partial charge in [0.25, 0.3) is 5.56 Å². The standard InChI is InChI=1S/C20H29N3O2S2/c1-7-23-18(25)15-13-9-8-11(2)10-14(13)27-17(15)21-19(23)26-12(3)16(24)22-20(4,5)6/h11-12H,7-10H2,1-6H3,(H,22,24)/t11-,12+/m1/s1. The van der Waals surface area contributed by atoms with E-state index in [1.54, 1.807) is 15.9 Å². The minimum atomic E-state index is -0.319. The summed E-state index contributed by atoms with van der Waals surface area (Å²) in [5, 5.41) is 4.12. The second-order valence-electron chi connectivity index (χ2n) is 8.48. The fraction of sp³-hybridized carbons (Fsp3) is 0.650. The third-order valence-corrected chi connectivity index (χ3v) is 7.08. The number of nitrogens with zero attached hydrogens (tertiary/aromatic N) is 2. The number of hydrogen-bond acceptors (Lipinski definition) is 5. The zero-order valence-electron chi connectivity index (χ0n) is 17.0. The normalized spacial score (nSPS) is 18.4. The molecule has 2 aromatic heterocycles. The van der Waals surface area contributed by atoms with Crippen molar-refractivity contribution in [2.24, 2.45) is 5.92 Å². The summed E-state index contributed by atoms with van der Waals surface area (Å²) < 4.78 is 1.72. The molecule has 1 N–H and O–H groups in total. The molecule has 0 bridgehead atoms. The lowest BCUT2D eigenvalue weighted by atomic mass is 9.89. The molecule has 2 aromatic rings. The van der Waals surface area contributed by atoms with E-state index in [9.17, 15) is 9.59 Å². The molecule has 3 rings (SSSR count). The van der Waals surface area contributed by atoms with Crippen LogP contribution in [0.4, 0.5) is 0 Å². The smallest absolute Gasteiger partial charge is 0.263 e. The first-order chi connectivity index (χ1) is 12.6. The molecule has 5 nitrogen and oxygen atoms in total. The van der Waals surface area contributed by atoms with Gasteiger partial charge in [0.2, 0.25) is 5.91 Å². The number of nitrogens with one attached hydrogen (secondary N) is 1. The maximum atomic E-state index is 13.2. The van der Waals surface area contributed by atoms with Crippen LogP contribution in [0.3, 0.4) is 0 Å². The van der Waals surface area contributed by atoms with Gasteiger partial charge in [-0.15, -0.1) is 11.3 Å². The van der Waals surface area contributed by atoms with Crippen LogP contribution in [0.5, 0.6) is 0 Å². The second-order valence-corrected chi connectivity index (χ2v) is 10.9.